The molecule has 24 heavy (non-hydrogen) atoms. The fourth-order valence-electron chi connectivity index (χ4n) is 5.91. The van der Waals surface area contributed by atoms with Gasteiger partial charge in [-0.25, -0.2) is 0 Å². The summed E-state index contributed by atoms with van der Waals surface area (Å²) in [5.41, 5.74) is 0.725. The number of piperidine rings is 1. The molecule has 1 N–H and O–H groups in total. The molecule has 4 rings (SSSR count). The van der Waals surface area contributed by atoms with Crippen LogP contribution in [0.3, 0.4) is 0 Å². The van der Waals surface area contributed by atoms with Gasteiger partial charge in [0.05, 0.1) is 5.92 Å². The Kier molecular flexibility index (Phi) is 4.28. The van der Waals surface area contributed by atoms with Crippen molar-refractivity contribution in [3.05, 3.63) is 11.0 Å². The molecule has 1 amide bonds. The Bertz CT molecular complexity index is 552. The van der Waals surface area contributed by atoms with Crippen LogP contribution < -0.4 is 5.32 Å². The molecule has 3 atom stereocenters. The van der Waals surface area contributed by atoms with Crippen LogP contribution in [0.5, 0.6) is 0 Å². The highest BCUT2D eigenvalue weighted by Gasteiger charge is 2.51. The second kappa shape index (κ2) is 6.05. The Labute approximate surface area is 151 Å². The first-order valence-corrected chi connectivity index (χ1v) is 10.7. The molecule has 2 bridgehead atoms. The number of amides is 1. The number of carbonyl (C=O) groups excluding carboxylic acids is 1. The average molecular weight is 349 g/mol. The molecule has 4 aliphatic rings. The largest absolute Gasteiger partial charge is 0.339 e. The number of likely N-dealkylation sites (tertiary alicyclic amines) is 1. The highest BCUT2D eigenvalue weighted by Crippen LogP contribution is 2.53. The molecule has 3 nitrogen and oxygen atoms in total. The minimum atomic E-state index is 0.131. The molecule has 134 valence electrons. The molecular formula is C20H32N2OS. The number of fused-ring (bicyclic) bond motifs is 2. The van der Waals surface area contributed by atoms with Crippen LogP contribution in [-0.2, 0) is 4.79 Å². The molecule has 3 fully saturated rings. The maximum absolute atomic E-state index is 13.2. The first kappa shape index (κ1) is 17.0. The van der Waals surface area contributed by atoms with Crippen LogP contribution in [0.15, 0.2) is 11.0 Å². The second-order valence-corrected chi connectivity index (χ2v) is 10.8. The smallest absolute Gasteiger partial charge is 0.230 e. The molecule has 3 heterocycles. The molecule has 0 radical (unpaired) electrons. The van der Waals surface area contributed by atoms with E-state index in [9.17, 15) is 4.79 Å². The van der Waals surface area contributed by atoms with Gasteiger partial charge in [-0.3, -0.25) is 4.79 Å². The topological polar surface area (TPSA) is 32.3 Å². The van der Waals surface area contributed by atoms with Crippen molar-refractivity contribution in [2.45, 2.75) is 58.9 Å². The zero-order valence-electron chi connectivity index (χ0n) is 15.4. The highest BCUT2D eigenvalue weighted by atomic mass is 32.2. The number of nitrogens with zero attached hydrogens (tertiary/aromatic N) is 1. The molecule has 0 aromatic carbocycles. The number of carbonyl (C=O) groups is 1. The first-order valence-electron chi connectivity index (χ1n) is 9.71. The van der Waals surface area contributed by atoms with E-state index >= 15 is 0 Å². The summed E-state index contributed by atoms with van der Waals surface area (Å²) in [6, 6.07) is 0.479. The van der Waals surface area contributed by atoms with Crippen molar-refractivity contribution < 1.29 is 4.79 Å². The van der Waals surface area contributed by atoms with Gasteiger partial charge in [0.2, 0.25) is 5.91 Å². The van der Waals surface area contributed by atoms with Crippen LogP contribution in [0.4, 0.5) is 0 Å². The highest BCUT2D eigenvalue weighted by molar-refractivity contribution is 8.03. The van der Waals surface area contributed by atoms with Crippen molar-refractivity contribution in [3.8, 4) is 0 Å². The van der Waals surface area contributed by atoms with Crippen molar-refractivity contribution in [1.29, 1.82) is 0 Å². The molecule has 0 aromatic rings. The molecule has 0 aromatic heterocycles. The van der Waals surface area contributed by atoms with E-state index in [-0.39, 0.29) is 5.92 Å². The molecule has 0 spiro atoms. The molecular weight excluding hydrogens is 316 g/mol. The molecule has 1 aliphatic carbocycles. The van der Waals surface area contributed by atoms with Crippen molar-refractivity contribution >= 4 is 17.7 Å². The number of rotatable bonds is 2. The lowest BCUT2D eigenvalue weighted by Gasteiger charge is -2.39. The van der Waals surface area contributed by atoms with E-state index in [1.807, 2.05) is 11.8 Å². The van der Waals surface area contributed by atoms with Gasteiger partial charge >= 0.3 is 0 Å². The molecule has 2 saturated heterocycles. The maximum Gasteiger partial charge on any atom is 0.230 e. The van der Waals surface area contributed by atoms with Gasteiger partial charge in [0.15, 0.2) is 0 Å². The lowest BCUT2D eigenvalue weighted by atomic mass is 9.65. The maximum atomic E-state index is 13.2. The van der Waals surface area contributed by atoms with Gasteiger partial charge < -0.3 is 10.2 Å². The third-order valence-corrected chi connectivity index (χ3v) is 7.88. The van der Waals surface area contributed by atoms with Crippen LogP contribution in [0.1, 0.15) is 52.9 Å². The quantitative estimate of drug-likeness (QED) is 0.826. The van der Waals surface area contributed by atoms with Gasteiger partial charge in [-0.15, -0.1) is 11.8 Å². The standard InChI is InChI=1S/C20H32N2OS/c1-19(2)9-16-10-20(3,12-19)13-22(16)18(23)15-8-17(24-11-15)14-4-6-21-7-5-14/h8,14-16,21H,4-7,9-13H2,1-3H3. The fraction of sp³-hybridized carbons (Fsp3) is 0.850. The predicted octanol–water partition coefficient (Wildman–Crippen LogP) is 3.66. The number of hydrogen-bond acceptors (Lipinski definition) is 3. The van der Waals surface area contributed by atoms with Crippen molar-refractivity contribution in [1.82, 2.24) is 10.2 Å². The fourth-order valence-corrected chi connectivity index (χ4v) is 7.26. The molecule has 1 saturated carbocycles. The molecule has 4 heteroatoms. The minimum absolute atomic E-state index is 0.131. The van der Waals surface area contributed by atoms with Crippen molar-refractivity contribution in [2.75, 3.05) is 25.4 Å². The Morgan fingerprint density at radius 2 is 2.00 bits per heavy atom. The van der Waals surface area contributed by atoms with Gasteiger partial charge in [-0.05, 0) is 66.8 Å². The summed E-state index contributed by atoms with van der Waals surface area (Å²) in [5, 5.41) is 3.44. The third-order valence-electron chi connectivity index (χ3n) is 6.55. The predicted molar refractivity (Wildman–Crippen MR) is 101 cm³/mol. The Morgan fingerprint density at radius 3 is 2.75 bits per heavy atom. The van der Waals surface area contributed by atoms with Crippen LogP contribution in [-0.4, -0.2) is 42.2 Å². The van der Waals surface area contributed by atoms with Gasteiger partial charge in [0, 0.05) is 18.3 Å². The minimum Gasteiger partial charge on any atom is -0.339 e. The van der Waals surface area contributed by atoms with E-state index < -0.39 is 0 Å². The third kappa shape index (κ3) is 3.16. The van der Waals surface area contributed by atoms with Gasteiger partial charge in [0.25, 0.3) is 0 Å². The van der Waals surface area contributed by atoms with Gasteiger partial charge in [0.1, 0.15) is 0 Å². The Balaban J connectivity index is 1.46. The van der Waals surface area contributed by atoms with Crippen LogP contribution in [0.2, 0.25) is 0 Å². The average Bonchev–Trinajstić information content (AvgIpc) is 3.09. The Morgan fingerprint density at radius 1 is 1.25 bits per heavy atom. The van der Waals surface area contributed by atoms with E-state index in [1.165, 1.54) is 37.0 Å². The number of hydrogen-bond donors (Lipinski definition) is 1. The van der Waals surface area contributed by atoms with Gasteiger partial charge in [-0.2, -0.15) is 0 Å². The zero-order valence-corrected chi connectivity index (χ0v) is 16.3. The summed E-state index contributed by atoms with van der Waals surface area (Å²) < 4.78 is 0. The monoisotopic (exact) mass is 348 g/mol. The summed E-state index contributed by atoms with van der Waals surface area (Å²) >= 11 is 1.95. The molecule has 3 aliphatic heterocycles. The normalized spacial score (nSPS) is 39.1. The van der Waals surface area contributed by atoms with E-state index in [2.05, 4.69) is 37.1 Å². The molecule has 3 unspecified atom stereocenters. The zero-order chi connectivity index (χ0) is 16.9. The lowest BCUT2D eigenvalue weighted by molar-refractivity contribution is -0.134. The van der Waals surface area contributed by atoms with Crippen molar-refractivity contribution in [2.24, 2.45) is 22.7 Å². The second-order valence-electron chi connectivity index (χ2n) is 9.69. The Hall–Kier alpha value is -0.480. The van der Waals surface area contributed by atoms with E-state index in [0.29, 0.717) is 28.7 Å². The summed E-state index contributed by atoms with van der Waals surface area (Å²) in [4.78, 5) is 17.0. The number of allylic oxidation sites excluding steroid dienone is 1. The van der Waals surface area contributed by atoms with E-state index in [0.717, 1.165) is 25.4 Å². The summed E-state index contributed by atoms with van der Waals surface area (Å²) in [5.74, 6) is 2.22. The summed E-state index contributed by atoms with van der Waals surface area (Å²) in [7, 11) is 0. The first-order chi connectivity index (χ1) is 11.4. The SMILES string of the molecule is CC1(C)CC2CC(C)(CN2C(=O)C2C=C(C3CCNCC3)SC2)C1. The van der Waals surface area contributed by atoms with Crippen LogP contribution in [0.25, 0.3) is 0 Å². The van der Waals surface area contributed by atoms with Crippen LogP contribution in [0, 0.1) is 22.7 Å². The van der Waals surface area contributed by atoms with E-state index in [4.69, 9.17) is 0 Å². The van der Waals surface area contributed by atoms with Crippen LogP contribution >= 0.6 is 11.8 Å². The lowest BCUT2D eigenvalue weighted by Crippen LogP contribution is -2.40. The van der Waals surface area contributed by atoms with Gasteiger partial charge in [-0.1, -0.05) is 26.8 Å². The summed E-state index contributed by atoms with van der Waals surface area (Å²) in [6.07, 6.45) is 8.46. The number of thioether (sulfide) groups is 1. The van der Waals surface area contributed by atoms with E-state index in [1.54, 1.807) is 0 Å². The number of nitrogens with one attached hydrogen (secondary N) is 1. The van der Waals surface area contributed by atoms with Crippen molar-refractivity contribution in [3.63, 3.8) is 0 Å². The summed E-state index contributed by atoms with van der Waals surface area (Å²) in [6.45, 7) is 10.4.